The fourth-order valence-electron chi connectivity index (χ4n) is 3.35. The lowest BCUT2D eigenvalue weighted by molar-refractivity contribution is -0.115. The molecule has 0 saturated heterocycles. The van der Waals surface area contributed by atoms with Gasteiger partial charge in [0.15, 0.2) is 0 Å². The average molecular weight is 378 g/mol. The van der Waals surface area contributed by atoms with Gasteiger partial charge < -0.3 is 5.32 Å². The third kappa shape index (κ3) is 4.25. The quantitative estimate of drug-likeness (QED) is 0.682. The zero-order valence-corrected chi connectivity index (χ0v) is 16.2. The summed E-state index contributed by atoms with van der Waals surface area (Å²) in [5.41, 5.74) is 5.86. The van der Waals surface area contributed by atoms with Gasteiger partial charge in [0.25, 0.3) is 0 Å². The highest BCUT2D eigenvalue weighted by Crippen LogP contribution is 2.26. The Morgan fingerprint density at radius 3 is 2.85 bits per heavy atom. The number of amides is 1. The number of nitrogens with one attached hydrogen (secondary N) is 1. The number of aromatic nitrogens is 2. The fourth-order valence-corrected chi connectivity index (χ4v) is 4.15. The minimum atomic E-state index is -0.127. The van der Waals surface area contributed by atoms with E-state index in [1.165, 1.54) is 17.5 Å². The molecule has 0 unspecified atom stereocenters. The van der Waals surface area contributed by atoms with E-state index in [0.717, 1.165) is 35.5 Å². The highest BCUT2D eigenvalue weighted by molar-refractivity contribution is 7.99. The third-order valence-corrected chi connectivity index (χ3v) is 6.11. The number of para-hydroxylation sites is 1. The van der Waals surface area contributed by atoms with E-state index in [1.807, 2.05) is 60.4 Å². The van der Waals surface area contributed by atoms with Gasteiger partial charge in [-0.3, -0.25) is 4.79 Å². The molecule has 1 aliphatic carbocycles. The van der Waals surface area contributed by atoms with Crippen LogP contribution in [0.2, 0.25) is 0 Å². The lowest BCUT2D eigenvalue weighted by atomic mass is 10.1. The number of thioether (sulfide) groups is 1. The first-order valence-electron chi connectivity index (χ1n) is 9.32. The predicted molar refractivity (Wildman–Crippen MR) is 111 cm³/mol. The highest BCUT2D eigenvalue weighted by atomic mass is 32.2. The van der Waals surface area contributed by atoms with Crippen LogP contribution in [0.1, 0.15) is 30.0 Å². The molecule has 1 amide bonds. The van der Waals surface area contributed by atoms with Gasteiger partial charge >= 0.3 is 0 Å². The molecule has 4 rings (SSSR count). The molecule has 0 saturated carbocycles. The van der Waals surface area contributed by atoms with Crippen LogP contribution in [0.5, 0.6) is 0 Å². The topological polar surface area (TPSA) is 46.9 Å². The second-order valence-electron chi connectivity index (χ2n) is 6.91. The Hall–Kier alpha value is -2.53. The summed E-state index contributed by atoms with van der Waals surface area (Å²) < 4.78 is 1.87. The molecule has 0 spiro atoms. The lowest BCUT2D eigenvalue weighted by Gasteiger charge is -2.12. The predicted octanol–water partition coefficient (Wildman–Crippen LogP) is 4.62. The molecule has 1 aromatic heterocycles. The largest absolute Gasteiger partial charge is 0.325 e. The first-order chi connectivity index (χ1) is 13.2. The second kappa shape index (κ2) is 8.01. The number of anilines is 1. The maximum Gasteiger partial charge on any atom is 0.237 e. The average Bonchev–Trinajstić information content (AvgIpc) is 3.35. The summed E-state index contributed by atoms with van der Waals surface area (Å²) in [6.07, 6.45) is 7.38. The van der Waals surface area contributed by atoms with Crippen LogP contribution in [-0.4, -0.2) is 20.9 Å². The van der Waals surface area contributed by atoms with Crippen molar-refractivity contribution in [1.29, 1.82) is 0 Å². The first kappa shape index (κ1) is 17.9. The second-order valence-corrected chi connectivity index (χ2v) is 8.24. The van der Waals surface area contributed by atoms with Crippen molar-refractivity contribution in [3.05, 3.63) is 77.6 Å². The minimum Gasteiger partial charge on any atom is -0.325 e. The molecule has 27 heavy (non-hydrogen) atoms. The molecular formula is C22H23N3OS. The molecule has 0 fully saturated rings. The van der Waals surface area contributed by atoms with Gasteiger partial charge in [-0.15, -0.1) is 11.8 Å². The summed E-state index contributed by atoms with van der Waals surface area (Å²) in [6, 6.07) is 16.3. The lowest BCUT2D eigenvalue weighted by Crippen LogP contribution is -2.22. The Balaban J connectivity index is 1.32. The van der Waals surface area contributed by atoms with Gasteiger partial charge in [0, 0.05) is 23.2 Å². The summed E-state index contributed by atoms with van der Waals surface area (Å²) in [5, 5.41) is 7.34. The number of carbonyl (C=O) groups excluding carboxylic acids is 1. The van der Waals surface area contributed by atoms with Crippen molar-refractivity contribution in [2.24, 2.45) is 0 Å². The zero-order valence-electron chi connectivity index (χ0n) is 15.4. The molecule has 2 aromatic carbocycles. The van der Waals surface area contributed by atoms with Crippen LogP contribution >= 0.6 is 11.8 Å². The van der Waals surface area contributed by atoms with Gasteiger partial charge in [-0.1, -0.05) is 24.3 Å². The Kier molecular flexibility index (Phi) is 5.30. The SMILES string of the molecule is C[C@H](SCc1cnn(-c2ccccc2)c1)C(=O)Nc1ccc2c(c1)CCC2. The van der Waals surface area contributed by atoms with Crippen molar-refractivity contribution in [3.63, 3.8) is 0 Å². The van der Waals surface area contributed by atoms with E-state index in [0.29, 0.717) is 0 Å². The third-order valence-electron chi connectivity index (χ3n) is 4.89. The van der Waals surface area contributed by atoms with Gasteiger partial charge in [0.2, 0.25) is 5.91 Å². The minimum absolute atomic E-state index is 0.0494. The van der Waals surface area contributed by atoms with Crippen LogP contribution in [0.3, 0.4) is 0 Å². The van der Waals surface area contributed by atoms with Gasteiger partial charge in [0.1, 0.15) is 0 Å². The molecule has 4 nitrogen and oxygen atoms in total. The highest BCUT2D eigenvalue weighted by Gasteiger charge is 2.16. The van der Waals surface area contributed by atoms with Crippen LogP contribution in [0.15, 0.2) is 60.9 Å². The molecule has 5 heteroatoms. The van der Waals surface area contributed by atoms with Crippen molar-refractivity contribution in [2.45, 2.75) is 37.2 Å². The normalized spacial score (nSPS) is 14.0. The van der Waals surface area contributed by atoms with Crippen molar-refractivity contribution in [2.75, 3.05) is 5.32 Å². The number of hydrogen-bond acceptors (Lipinski definition) is 3. The standard InChI is InChI=1S/C22H23N3OS/c1-16(22(26)24-20-11-10-18-6-5-7-19(18)12-20)27-15-17-13-23-25(14-17)21-8-3-2-4-9-21/h2-4,8-14,16H,5-7,15H2,1H3,(H,24,26)/t16-/m0/s1. The molecular weight excluding hydrogens is 354 g/mol. The Bertz CT molecular complexity index is 936. The van der Waals surface area contributed by atoms with Gasteiger partial charge in [-0.25, -0.2) is 4.68 Å². The van der Waals surface area contributed by atoms with E-state index in [4.69, 9.17) is 0 Å². The van der Waals surface area contributed by atoms with Crippen LogP contribution < -0.4 is 5.32 Å². The maximum atomic E-state index is 12.5. The number of nitrogens with zero attached hydrogens (tertiary/aromatic N) is 2. The Labute approximate surface area is 164 Å². The van der Waals surface area contributed by atoms with Crippen LogP contribution in [-0.2, 0) is 23.4 Å². The Morgan fingerprint density at radius 1 is 1.19 bits per heavy atom. The number of fused-ring (bicyclic) bond motifs is 1. The van der Waals surface area contributed by atoms with Crippen LogP contribution in [0.25, 0.3) is 5.69 Å². The number of carbonyl (C=O) groups is 1. The van der Waals surface area contributed by atoms with Crippen molar-refractivity contribution in [1.82, 2.24) is 9.78 Å². The summed E-state index contributed by atoms with van der Waals surface area (Å²) in [7, 11) is 0. The first-order valence-corrected chi connectivity index (χ1v) is 10.4. The fraction of sp³-hybridized carbons (Fsp3) is 0.273. The van der Waals surface area contributed by atoms with Crippen molar-refractivity contribution < 1.29 is 4.79 Å². The van der Waals surface area contributed by atoms with E-state index in [-0.39, 0.29) is 11.2 Å². The molecule has 138 valence electrons. The Morgan fingerprint density at radius 2 is 2.00 bits per heavy atom. The zero-order chi connectivity index (χ0) is 18.6. The number of hydrogen-bond donors (Lipinski definition) is 1. The number of benzene rings is 2. The van der Waals surface area contributed by atoms with Gasteiger partial charge in [-0.05, 0) is 61.6 Å². The van der Waals surface area contributed by atoms with Crippen LogP contribution in [0, 0.1) is 0 Å². The summed E-state index contributed by atoms with van der Waals surface area (Å²) in [6.45, 7) is 1.95. The molecule has 1 aliphatic rings. The molecule has 1 N–H and O–H groups in total. The monoisotopic (exact) mass is 377 g/mol. The van der Waals surface area contributed by atoms with Crippen molar-refractivity contribution >= 4 is 23.4 Å². The molecule has 0 aliphatic heterocycles. The summed E-state index contributed by atoms with van der Waals surface area (Å²) >= 11 is 1.63. The maximum absolute atomic E-state index is 12.5. The molecule has 1 heterocycles. The van der Waals surface area contributed by atoms with E-state index < -0.39 is 0 Å². The van der Waals surface area contributed by atoms with E-state index in [9.17, 15) is 4.79 Å². The van der Waals surface area contributed by atoms with E-state index in [1.54, 1.807) is 11.8 Å². The molecule has 0 bridgehead atoms. The van der Waals surface area contributed by atoms with Gasteiger partial charge in [-0.2, -0.15) is 5.10 Å². The molecule has 3 aromatic rings. The van der Waals surface area contributed by atoms with Crippen molar-refractivity contribution in [3.8, 4) is 5.69 Å². The number of rotatable bonds is 6. The summed E-state index contributed by atoms with van der Waals surface area (Å²) in [4.78, 5) is 12.5. The smallest absolute Gasteiger partial charge is 0.237 e. The van der Waals surface area contributed by atoms with E-state index in [2.05, 4.69) is 22.5 Å². The van der Waals surface area contributed by atoms with Gasteiger partial charge in [0.05, 0.1) is 17.1 Å². The molecule has 1 atom stereocenters. The molecule has 0 radical (unpaired) electrons. The van der Waals surface area contributed by atoms with Crippen LogP contribution in [0.4, 0.5) is 5.69 Å². The van der Waals surface area contributed by atoms with E-state index >= 15 is 0 Å². The summed E-state index contributed by atoms with van der Waals surface area (Å²) in [5.74, 6) is 0.805. The number of aryl methyl sites for hydroxylation is 2.